The summed E-state index contributed by atoms with van der Waals surface area (Å²) >= 11 is 1.36. The van der Waals surface area contributed by atoms with Gasteiger partial charge in [0.05, 0.1) is 24.2 Å². The van der Waals surface area contributed by atoms with Crippen molar-refractivity contribution in [3.8, 4) is 0 Å². The van der Waals surface area contributed by atoms with Crippen molar-refractivity contribution in [2.45, 2.75) is 26.9 Å². The van der Waals surface area contributed by atoms with Gasteiger partial charge in [-0.05, 0) is 31.0 Å². The third-order valence-corrected chi connectivity index (χ3v) is 5.33. The molecule has 122 valence electrons. The summed E-state index contributed by atoms with van der Waals surface area (Å²) in [5, 5.41) is 0.929. The van der Waals surface area contributed by atoms with Gasteiger partial charge >= 0.3 is 5.97 Å². The van der Waals surface area contributed by atoms with Crippen molar-refractivity contribution in [1.29, 1.82) is 0 Å². The van der Waals surface area contributed by atoms with Crippen LogP contribution in [-0.4, -0.2) is 27.5 Å². The van der Waals surface area contributed by atoms with Crippen LogP contribution < -0.4 is 4.90 Å². The van der Waals surface area contributed by atoms with Crippen molar-refractivity contribution < 1.29 is 9.53 Å². The molecule has 3 aromatic heterocycles. The van der Waals surface area contributed by atoms with E-state index in [4.69, 9.17) is 4.74 Å². The average molecular weight is 340 g/mol. The van der Waals surface area contributed by atoms with Crippen LogP contribution in [0.2, 0.25) is 0 Å². The van der Waals surface area contributed by atoms with E-state index >= 15 is 0 Å². The maximum absolute atomic E-state index is 12.2. The molecule has 0 fully saturated rings. The Balaban J connectivity index is 1.79. The summed E-state index contributed by atoms with van der Waals surface area (Å²) in [6, 6.07) is 4.04. The first-order chi connectivity index (χ1) is 11.7. The first-order valence-electron chi connectivity index (χ1n) is 7.78. The molecule has 0 amide bonds. The molecule has 0 saturated heterocycles. The fourth-order valence-corrected chi connectivity index (χ4v) is 4.07. The van der Waals surface area contributed by atoms with Crippen molar-refractivity contribution in [1.82, 2.24) is 15.0 Å². The number of anilines is 1. The number of pyridine rings is 1. The van der Waals surface area contributed by atoms with E-state index in [1.807, 2.05) is 19.2 Å². The van der Waals surface area contributed by atoms with E-state index in [2.05, 4.69) is 25.9 Å². The Kier molecular flexibility index (Phi) is 3.65. The molecule has 1 aliphatic rings. The molecular formula is C17H16N4O2S. The Labute approximate surface area is 143 Å². The lowest BCUT2D eigenvalue weighted by Gasteiger charge is -2.17. The molecule has 0 atom stereocenters. The molecule has 4 rings (SSSR count). The lowest BCUT2D eigenvalue weighted by molar-refractivity contribution is 0.0531. The zero-order chi connectivity index (χ0) is 16.7. The van der Waals surface area contributed by atoms with E-state index < -0.39 is 0 Å². The zero-order valence-electron chi connectivity index (χ0n) is 13.4. The highest BCUT2D eigenvalue weighted by molar-refractivity contribution is 7.20. The fraction of sp³-hybridized carbons (Fsp3) is 0.294. The highest BCUT2D eigenvalue weighted by Crippen LogP contribution is 2.37. The van der Waals surface area contributed by atoms with Crippen LogP contribution in [-0.2, 0) is 17.8 Å². The van der Waals surface area contributed by atoms with E-state index in [0.29, 0.717) is 18.0 Å². The van der Waals surface area contributed by atoms with Gasteiger partial charge in [-0.1, -0.05) is 6.07 Å². The Morgan fingerprint density at radius 2 is 2.21 bits per heavy atom. The van der Waals surface area contributed by atoms with E-state index in [-0.39, 0.29) is 5.97 Å². The van der Waals surface area contributed by atoms with Crippen LogP contribution in [0.15, 0.2) is 24.7 Å². The Bertz CT molecular complexity index is 912. The second-order valence-electron chi connectivity index (χ2n) is 5.62. The number of ether oxygens (including phenoxy) is 1. The van der Waals surface area contributed by atoms with Crippen LogP contribution >= 0.6 is 11.3 Å². The first kappa shape index (κ1) is 15.0. The Morgan fingerprint density at radius 3 is 3.00 bits per heavy atom. The predicted octanol–water partition coefficient (Wildman–Crippen LogP) is 3.09. The molecule has 3 aromatic rings. The van der Waals surface area contributed by atoms with Crippen LogP contribution in [0.1, 0.15) is 33.4 Å². The van der Waals surface area contributed by atoms with Gasteiger partial charge in [0, 0.05) is 12.7 Å². The number of fused-ring (bicyclic) bond motifs is 2. The van der Waals surface area contributed by atoms with Crippen molar-refractivity contribution >= 4 is 33.3 Å². The minimum absolute atomic E-state index is 0.296. The predicted molar refractivity (Wildman–Crippen MR) is 92.2 cm³/mol. The molecule has 0 aliphatic carbocycles. The SMILES string of the molecule is CCOC(=O)c1sc2ncnc(N3Cc4cccnc4C3)c2c1C. The number of hydrogen-bond donors (Lipinski definition) is 0. The van der Waals surface area contributed by atoms with Crippen LogP contribution in [0.3, 0.4) is 0 Å². The topological polar surface area (TPSA) is 68.2 Å². The third kappa shape index (κ3) is 2.32. The summed E-state index contributed by atoms with van der Waals surface area (Å²) in [5.41, 5.74) is 3.17. The van der Waals surface area contributed by atoms with Crippen LogP contribution in [0.25, 0.3) is 10.2 Å². The first-order valence-corrected chi connectivity index (χ1v) is 8.59. The quantitative estimate of drug-likeness (QED) is 0.683. The molecule has 0 unspecified atom stereocenters. The molecule has 0 spiro atoms. The maximum atomic E-state index is 12.2. The number of aryl methyl sites for hydroxylation is 1. The van der Waals surface area contributed by atoms with Gasteiger partial charge in [0.15, 0.2) is 0 Å². The third-order valence-electron chi connectivity index (χ3n) is 4.15. The molecule has 0 bridgehead atoms. The molecular weight excluding hydrogens is 324 g/mol. The summed E-state index contributed by atoms with van der Waals surface area (Å²) in [6.45, 7) is 5.57. The van der Waals surface area contributed by atoms with Crippen LogP contribution in [0.4, 0.5) is 5.82 Å². The normalized spacial score (nSPS) is 13.3. The number of carbonyl (C=O) groups is 1. The van der Waals surface area contributed by atoms with E-state index in [1.165, 1.54) is 16.9 Å². The second-order valence-corrected chi connectivity index (χ2v) is 6.62. The lowest BCUT2D eigenvalue weighted by Crippen LogP contribution is -2.16. The van der Waals surface area contributed by atoms with Gasteiger partial charge in [-0.3, -0.25) is 4.98 Å². The standard InChI is InChI=1S/C17H16N4O2S/c1-3-23-17(22)14-10(2)13-15(19-9-20-16(13)24-14)21-7-11-5-4-6-18-12(11)8-21/h4-6,9H,3,7-8H2,1-2H3. The Hall–Kier alpha value is -2.54. The maximum Gasteiger partial charge on any atom is 0.348 e. The van der Waals surface area contributed by atoms with Crippen molar-refractivity contribution in [2.75, 3.05) is 11.5 Å². The molecule has 4 heterocycles. The summed E-state index contributed by atoms with van der Waals surface area (Å²) < 4.78 is 5.15. The van der Waals surface area contributed by atoms with Gasteiger partial charge < -0.3 is 9.64 Å². The lowest BCUT2D eigenvalue weighted by atomic mass is 10.2. The summed E-state index contributed by atoms with van der Waals surface area (Å²) in [7, 11) is 0. The van der Waals surface area contributed by atoms with Gasteiger partial charge in [-0.2, -0.15) is 0 Å². The summed E-state index contributed by atoms with van der Waals surface area (Å²) in [4.78, 5) is 29.0. The molecule has 0 N–H and O–H groups in total. The number of carbonyl (C=O) groups excluding carboxylic acids is 1. The summed E-state index contributed by atoms with van der Waals surface area (Å²) in [6.07, 6.45) is 3.37. The molecule has 1 aliphatic heterocycles. The highest BCUT2D eigenvalue weighted by Gasteiger charge is 2.26. The van der Waals surface area contributed by atoms with E-state index in [0.717, 1.165) is 33.8 Å². The number of thiophene rings is 1. The van der Waals surface area contributed by atoms with Gasteiger partial charge in [-0.15, -0.1) is 11.3 Å². The van der Waals surface area contributed by atoms with E-state index in [9.17, 15) is 4.79 Å². The average Bonchev–Trinajstić information content (AvgIpc) is 3.16. The van der Waals surface area contributed by atoms with Gasteiger partial charge in [0.1, 0.15) is 21.9 Å². The highest BCUT2D eigenvalue weighted by atomic mass is 32.1. The smallest absolute Gasteiger partial charge is 0.348 e. The van der Waals surface area contributed by atoms with Crippen molar-refractivity contribution in [3.05, 3.63) is 46.4 Å². The van der Waals surface area contributed by atoms with E-state index in [1.54, 1.807) is 13.3 Å². The second kappa shape index (κ2) is 5.83. The molecule has 6 nitrogen and oxygen atoms in total. The molecule has 7 heteroatoms. The Morgan fingerprint density at radius 1 is 1.33 bits per heavy atom. The number of esters is 1. The zero-order valence-corrected chi connectivity index (χ0v) is 14.3. The number of nitrogens with zero attached hydrogens (tertiary/aromatic N) is 4. The molecule has 24 heavy (non-hydrogen) atoms. The number of aromatic nitrogens is 3. The molecule has 0 saturated carbocycles. The van der Waals surface area contributed by atoms with Crippen molar-refractivity contribution in [3.63, 3.8) is 0 Å². The largest absolute Gasteiger partial charge is 0.462 e. The van der Waals surface area contributed by atoms with Gasteiger partial charge in [-0.25, -0.2) is 14.8 Å². The number of rotatable bonds is 3. The van der Waals surface area contributed by atoms with Gasteiger partial charge in [0.25, 0.3) is 0 Å². The van der Waals surface area contributed by atoms with Crippen LogP contribution in [0.5, 0.6) is 0 Å². The minimum atomic E-state index is -0.296. The van der Waals surface area contributed by atoms with Crippen molar-refractivity contribution in [2.24, 2.45) is 0 Å². The fourth-order valence-electron chi connectivity index (χ4n) is 3.03. The minimum Gasteiger partial charge on any atom is -0.462 e. The van der Waals surface area contributed by atoms with Gasteiger partial charge in [0.2, 0.25) is 0 Å². The molecule has 0 radical (unpaired) electrons. The van der Waals surface area contributed by atoms with Crippen LogP contribution in [0, 0.1) is 6.92 Å². The number of hydrogen-bond acceptors (Lipinski definition) is 7. The monoisotopic (exact) mass is 340 g/mol. The molecule has 0 aromatic carbocycles. The summed E-state index contributed by atoms with van der Waals surface area (Å²) in [5.74, 6) is 0.553.